The van der Waals surface area contributed by atoms with Crippen molar-refractivity contribution in [2.45, 2.75) is 26.4 Å². The smallest absolute Gasteiger partial charge is 0.335 e. The number of carboxylic acids is 1. The number of nitrogens with zero attached hydrogens (tertiary/aromatic N) is 2. The van der Waals surface area contributed by atoms with E-state index in [2.05, 4.69) is 38.0 Å². The van der Waals surface area contributed by atoms with Crippen LogP contribution in [0.4, 0.5) is 5.69 Å². The maximum Gasteiger partial charge on any atom is 0.335 e. The highest BCUT2D eigenvalue weighted by molar-refractivity contribution is 14.1. The van der Waals surface area contributed by atoms with E-state index in [9.17, 15) is 9.59 Å². The molecule has 1 saturated heterocycles. The van der Waals surface area contributed by atoms with Crippen LogP contribution in [0.2, 0.25) is 0 Å². The van der Waals surface area contributed by atoms with Gasteiger partial charge in [-0.05, 0) is 102 Å². The van der Waals surface area contributed by atoms with Gasteiger partial charge >= 0.3 is 5.97 Å². The molecule has 1 aliphatic heterocycles. The minimum absolute atomic E-state index is 0.225. The number of aromatic carboxylic acids is 1. The molecule has 0 unspecified atom stereocenters. The van der Waals surface area contributed by atoms with E-state index in [1.54, 1.807) is 36.5 Å². The summed E-state index contributed by atoms with van der Waals surface area (Å²) >= 11 is 2.17. The fraction of sp³-hybridized carbons (Fsp3) is 0.250. The summed E-state index contributed by atoms with van der Waals surface area (Å²) < 4.78 is 12.6. The van der Waals surface area contributed by atoms with E-state index < -0.39 is 5.97 Å². The number of ether oxygens (including phenoxy) is 2. The summed E-state index contributed by atoms with van der Waals surface area (Å²) in [6.45, 7) is 4.71. The molecule has 9 heteroatoms. The molecule has 37 heavy (non-hydrogen) atoms. The molecule has 0 aromatic heterocycles. The van der Waals surface area contributed by atoms with Crippen molar-refractivity contribution in [3.63, 3.8) is 0 Å². The first-order valence-electron chi connectivity index (χ1n) is 12.0. The van der Waals surface area contributed by atoms with Gasteiger partial charge in [0.25, 0.3) is 5.91 Å². The van der Waals surface area contributed by atoms with Crippen molar-refractivity contribution in [1.29, 1.82) is 0 Å². The molecule has 0 radical (unpaired) electrons. The Hall–Kier alpha value is -3.60. The van der Waals surface area contributed by atoms with Crippen LogP contribution in [0.15, 0.2) is 65.8 Å². The van der Waals surface area contributed by atoms with Crippen molar-refractivity contribution >= 4 is 46.4 Å². The van der Waals surface area contributed by atoms with Crippen LogP contribution in [-0.2, 0) is 6.61 Å². The van der Waals surface area contributed by atoms with Crippen LogP contribution in [0, 0.1) is 3.57 Å². The third-order valence-corrected chi connectivity index (χ3v) is 6.70. The Morgan fingerprint density at radius 1 is 1.03 bits per heavy atom. The number of carbonyl (C=O) groups is 2. The maximum atomic E-state index is 12.5. The lowest BCUT2D eigenvalue weighted by molar-refractivity contribution is 0.0696. The largest absolute Gasteiger partial charge is 0.490 e. The molecule has 1 aliphatic rings. The van der Waals surface area contributed by atoms with Crippen molar-refractivity contribution in [1.82, 2.24) is 5.43 Å². The molecule has 1 amide bonds. The van der Waals surface area contributed by atoms with E-state index in [0.717, 1.165) is 33.5 Å². The summed E-state index contributed by atoms with van der Waals surface area (Å²) in [5.74, 6) is -0.104. The number of rotatable bonds is 10. The van der Waals surface area contributed by atoms with Gasteiger partial charge in [-0.1, -0.05) is 12.1 Å². The monoisotopic (exact) mass is 613 g/mol. The number of hydrogen-bond donors (Lipinski definition) is 2. The first kappa shape index (κ1) is 26.5. The second kappa shape index (κ2) is 12.6. The SMILES string of the molecule is CCOc1cc(/C=N\NC(=O)c2ccc(N3CCCC3)cc2)cc(I)c1OCc1ccc(C(=O)O)cc1. The zero-order valence-electron chi connectivity index (χ0n) is 20.4. The van der Waals surface area contributed by atoms with E-state index in [1.165, 1.54) is 12.8 Å². The van der Waals surface area contributed by atoms with Crippen LogP contribution in [0.5, 0.6) is 11.5 Å². The Balaban J connectivity index is 1.39. The lowest BCUT2D eigenvalue weighted by Gasteiger charge is -2.17. The van der Waals surface area contributed by atoms with Gasteiger partial charge in [0.2, 0.25) is 0 Å². The standard InChI is InChI=1S/C28H28IN3O5/c1-2-36-25-16-20(15-24(29)26(25)37-18-19-5-7-22(8-6-19)28(34)35)17-30-31-27(33)21-9-11-23(12-10-21)32-13-3-4-14-32/h5-12,15-17H,2-4,13-14,18H2,1H3,(H,31,33)(H,34,35)/b30-17-. The van der Waals surface area contributed by atoms with Crippen LogP contribution in [0.1, 0.15) is 51.6 Å². The summed E-state index contributed by atoms with van der Waals surface area (Å²) in [6, 6.07) is 17.8. The average Bonchev–Trinajstić information content (AvgIpc) is 3.44. The normalized spacial score (nSPS) is 13.1. The van der Waals surface area contributed by atoms with Gasteiger partial charge in [0, 0.05) is 24.3 Å². The van der Waals surface area contributed by atoms with E-state index in [0.29, 0.717) is 23.7 Å². The van der Waals surface area contributed by atoms with Crippen molar-refractivity contribution in [3.05, 3.63) is 86.5 Å². The first-order chi connectivity index (χ1) is 17.9. The lowest BCUT2D eigenvalue weighted by atomic mass is 10.1. The zero-order chi connectivity index (χ0) is 26.2. The van der Waals surface area contributed by atoms with Crippen LogP contribution >= 0.6 is 22.6 Å². The van der Waals surface area contributed by atoms with Crippen LogP contribution in [0.3, 0.4) is 0 Å². The third-order valence-electron chi connectivity index (χ3n) is 5.90. The molecule has 4 rings (SSSR count). The predicted molar refractivity (Wildman–Crippen MR) is 151 cm³/mol. The predicted octanol–water partition coefficient (Wildman–Crippen LogP) is 5.33. The molecule has 3 aromatic carbocycles. The quantitative estimate of drug-likeness (QED) is 0.182. The number of benzene rings is 3. The third kappa shape index (κ3) is 7.00. The molecule has 0 aliphatic carbocycles. The fourth-order valence-electron chi connectivity index (χ4n) is 3.99. The highest BCUT2D eigenvalue weighted by Crippen LogP contribution is 2.34. The Kier molecular flexibility index (Phi) is 8.99. The number of amides is 1. The number of hydrazone groups is 1. The number of nitrogens with one attached hydrogen (secondary N) is 1. The molecular weight excluding hydrogens is 585 g/mol. The van der Waals surface area contributed by atoms with Gasteiger partial charge < -0.3 is 19.5 Å². The van der Waals surface area contributed by atoms with Gasteiger partial charge in [0.05, 0.1) is 22.0 Å². The maximum absolute atomic E-state index is 12.5. The van der Waals surface area contributed by atoms with Crippen molar-refractivity contribution in [3.8, 4) is 11.5 Å². The highest BCUT2D eigenvalue weighted by Gasteiger charge is 2.14. The number of hydrogen-bond acceptors (Lipinski definition) is 6. The molecule has 3 aromatic rings. The van der Waals surface area contributed by atoms with E-state index in [1.807, 2.05) is 37.3 Å². The van der Waals surface area contributed by atoms with Crippen LogP contribution in [-0.4, -0.2) is 42.9 Å². The summed E-state index contributed by atoms with van der Waals surface area (Å²) in [6.07, 6.45) is 3.97. The molecule has 1 heterocycles. The molecule has 0 saturated carbocycles. The molecule has 0 atom stereocenters. The summed E-state index contributed by atoms with van der Waals surface area (Å²) in [5.41, 5.74) is 6.07. The van der Waals surface area contributed by atoms with E-state index in [-0.39, 0.29) is 18.1 Å². The van der Waals surface area contributed by atoms with Crippen molar-refractivity contribution in [2.24, 2.45) is 5.10 Å². The van der Waals surface area contributed by atoms with Gasteiger partial charge in [-0.15, -0.1) is 0 Å². The molecule has 192 valence electrons. The minimum Gasteiger partial charge on any atom is -0.490 e. The lowest BCUT2D eigenvalue weighted by Crippen LogP contribution is -2.19. The highest BCUT2D eigenvalue weighted by atomic mass is 127. The zero-order valence-corrected chi connectivity index (χ0v) is 22.6. The molecule has 1 fully saturated rings. The van der Waals surface area contributed by atoms with Crippen molar-refractivity contribution in [2.75, 3.05) is 24.6 Å². The van der Waals surface area contributed by atoms with Gasteiger partial charge in [-0.2, -0.15) is 5.10 Å². The minimum atomic E-state index is -0.968. The van der Waals surface area contributed by atoms with Gasteiger partial charge in [0.1, 0.15) is 6.61 Å². The van der Waals surface area contributed by atoms with Crippen LogP contribution in [0.25, 0.3) is 0 Å². The number of anilines is 1. The van der Waals surface area contributed by atoms with E-state index in [4.69, 9.17) is 14.6 Å². The first-order valence-corrected chi connectivity index (χ1v) is 13.1. The molecule has 0 spiro atoms. The van der Waals surface area contributed by atoms with Gasteiger partial charge in [-0.3, -0.25) is 4.79 Å². The topological polar surface area (TPSA) is 100 Å². The Bertz CT molecular complexity index is 1270. The number of carboxylic acid groups (broad SMARTS) is 1. The Morgan fingerprint density at radius 3 is 2.35 bits per heavy atom. The number of carbonyl (C=O) groups excluding carboxylic acids is 1. The summed E-state index contributed by atoms with van der Waals surface area (Å²) in [4.78, 5) is 25.9. The second-order valence-electron chi connectivity index (χ2n) is 8.49. The second-order valence-corrected chi connectivity index (χ2v) is 9.66. The Labute approximate surface area is 229 Å². The van der Waals surface area contributed by atoms with Crippen molar-refractivity contribution < 1.29 is 24.2 Å². The molecule has 0 bridgehead atoms. The average molecular weight is 613 g/mol. The molecule has 8 nitrogen and oxygen atoms in total. The summed E-state index contributed by atoms with van der Waals surface area (Å²) in [5, 5.41) is 13.2. The van der Waals surface area contributed by atoms with Crippen LogP contribution < -0.4 is 19.8 Å². The summed E-state index contributed by atoms with van der Waals surface area (Å²) in [7, 11) is 0. The van der Waals surface area contributed by atoms with Gasteiger partial charge in [0.15, 0.2) is 11.5 Å². The molecule has 2 N–H and O–H groups in total. The Morgan fingerprint density at radius 2 is 1.70 bits per heavy atom. The number of halogens is 1. The van der Waals surface area contributed by atoms with E-state index >= 15 is 0 Å². The molecular formula is C28H28IN3O5. The van der Waals surface area contributed by atoms with Gasteiger partial charge in [-0.25, -0.2) is 10.2 Å². The fourth-order valence-corrected chi connectivity index (χ4v) is 4.77.